The lowest BCUT2D eigenvalue weighted by Gasteiger charge is -2.13. The van der Waals surface area contributed by atoms with Gasteiger partial charge in [-0.05, 0) is 23.6 Å². The third-order valence-corrected chi connectivity index (χ3v) is 2.98. The first-order chi connectivity index (χ1) is 10.3. The van der Waals surface area contributed by atoms with Crippen molar-refractivity contribution in [2.45, 2.75) is 19.2 Å². The molecule has 0 fully saturated rings. The average Bonchev–Trinajstić information content (AvgIpc) is 2.44. The van der Waals surface area contributed by atoms with Gasteiger partial charge in [0.2, 0.25) is 0 Å². The molecule has 0 amide bonds. The number of alkyl halides is 3. The minimum atomic E-state index is -4.77. The first-order valence-corrected chi connectivity index (χ1v) is 6.51. The van der Waals surface area contributed by atoms with Crippen LogP contribution in [0.2, 0.25) is 0 Å². The Hall–Kier alpha value is -2.50. The summed E-state index contributed by atoms with van der Waals surface area (Å²) in [7, 11) is 0. The summed E-state index contributed by atoms with van der Waals surface area (Å²) in [5.41, 5.74) is 1.58. The van der Waals surface area contributed by atoms with Crippen molar-refractivity contribution in [2.75, 3.05) is 0 Å². The van der Waals surface area contributed by atoms with E-state index in [0.29, 0.717) is 17.5 Å². The second-order valence-electron chi connectivity index (χ2n) is 4.64. The van der Waals surface area contributed by atoms with Gasteiger partial charge in [-0.15, -0.1) is 13.2 Å². The van der Waals surface area contributed by atoms with Crippen molar-refractivity contribution in [3.8, 4) is 16.9 Å². The fraction of sp³-hybridized carbons (Fsp3) is 0.188. The van der Waals surface area contributed by atoms with E-state index < -0.39 is 12.3 Å². The van der Waals surface area contributed by atoms with Crippen LogP contribution >= 0.6 is 0 Å². The summed E-state index contributed by atoms with van der Waals surface area (Å²) in [5.74, 6) is -1.21. The lowest BCUT2D eigenvalue weighted by atomic mass is 10.0. The van der Waals surface area contributed by atoms with Crippen LogP contribution < -0.4 is 4.74 Å². The number of carbonyl (C=O) groups is 1. The van der Waals surface area contributed by atoms with Crippen LogP contribution in [0.1, 0.15) is 12.0 Å². The molecule has 0 atom stereocenters. The lowest BCUT2D eigenvalue weighted by molar-refractivity contribution is -0.274. The topological polar surface area (TPSA) is 46.5 Å². The molecule has 0 bridgehead atoms. The fourth-order valence-corrected chi connectivity index (χ4v) is 2.06. The van der Waals surface area contributed by atoms with Gasteiger partial charge in [-0.2, -0.15) is 0 Å². The van der Waals surface area contributed by atoms with Crippen LogP contribution in [0.15, 0.2) is 48.5 Å². The van der Waals surface area contributed by atoms with Crippen molar-refractivity contribution < 1.29 is 27.8 Å². The minimum Gasteiger partial charge on any atom is -0.481 e. The first-order valence-electron chi connectivity index (χ1n) is 6.51. The summed E-state index contributed by atoms with van der Waals surface area (Å²) in [6, 6.07) is 12.6. The SMILES string of the molecule is O=C(O)CCc1cccc(-c2ccccc2OC(F)(F)F)c1. The molecule has 0 aromatic heterocycles. The zero-order valence-corrected chi connectivity index (χ0v) is 11.4. The van der Waals surface area contributed by atoms with E-state index >= 15 is 0 Å². The van der Waals surface area contributed by atoms with Gasteiger partial charge in [0, 0.05) is 12.0 Å². The van der Waals surface area contributed by atoms with Crippen LogP contribution in [0.5, 0.6) is 5.75 Å². The lowest BCUT2D eigenvalue weighted by Crippen LogP contribution is -2.17. The van der Waals surface area contributed by atoms with Gasteiger partial charge in [-0.25, -0.2) is 0 Å². The average molecular weight is 310 g/mol. The summed E-state index contributed by atoms with van der Waals surface area (Å²) >= 11 is 0. The van der Waals surface area contributed by atoms with E-state index in [9.17, 15) is 18.0 Å². The normalized spacial score (nSPS) is 11.2. The number of carboxylic acid groups (broad SMARTS) is 1. The van der Waals surface area contributed by atoms with Gasteiger partial charge in [-0.1, -0.05) is 42.5 Å². The molecule has 0 saturated carbocycles. The Morgan fingerprint density at radius 3 is 2.50 bits per heavy atom. The van der Waals surface area contributed by atoms with Crippen molar-refractivity contribution in [3.05, 3.63) is 54.1 Å². The number of rotatable bonds is 5. The molecule has 0 unspecified atom stereocenters. The van der Waals surface area contributed by atoms with Crippen molar-refractivity contribution in [1.82, 2.24) is 0 Å². The third kappa shape index (κ3) is 4.51. The van der Waals surface area contributed by atoms with E-state index in [1.54, 1.807) is 30.3 Å². The molecule has 0 aliphatic carbocycles. The van der Waals surface area contributed by atoms with E-state index in [2.05, 4.69) is 4.74 Å². The van der Waals surface area contributed by atoms with E-state index in [-0.39, 0.29) is 12.2 Å². The van der Waals surface area contributed by atoms with Crippen molar-refractivity contribution in [3.63, 3.8) is 0 Å². The molecule has 22 heavy (non-hydrogen) atoms. The number of aliphatic carboxylic acids is 1. The molecule has 2 rings (SSSR count). The Bertz CT molecular complexity index is 666. The highest BCUT2D eigenvalue weighted by Crippen LogP contribution is 2.34. The van der Waals surface area contributed by atoms with Gasteiger partial charge in [0.1, 0.15) is 5.75 Å². The molecule has 1 N–H and O–H groups in total. The van der Waals surface area contributed by atoms with Crippen LogP contribution in [0.25, 0.3) is 11.1 Å². The molecule has 0 heterocycles. The number of ether oxygens (including phenoxy) is 1. The summed E-state index contributed by atoms with van der Waals surface area (Å²) < 4.78 is 41.3. The highest BCUT2D eigenvalue weighted by molar-refractivity contribution is 5.71. The first kappa shape index (κ1) is 15.9. The number of benzene rings is 2. The smallest absolute Gasteiger partial charge is 0.481 e. The molecular weight excluding hydrogens is 297 g/mol. The Morgan fingerprint density at radius 2 is 1.82 bits per heavy atom. The predicted octanol–water partition coefficient (Wildman–Crippen LogP) is 4.27. The highest BCUT2D eigenvalue weighted by Gasteiger charge is 2.32. The summed E-state index contributed by atoms with van der Waals surface area (Å²) in [6.45, 7) is 0. The molecule has 0 saturated heterocycles. The van der Waals surface area contributed by atoms with Gasteiger partial charge in [0.15, 0.2) is 0 Å². The predicted molar refractivity (Wildman–Crippen MR) is 74.5 cm³/mol. The van der Waals surface area contributed by atoms with E-state index in [1.165, 1.54) is 18.2 Å². The molecule has 2 aromatic rings. The molecule has 0 aliphatic rings. The van der Waals surface area contributed by atoms with E-state index in [0.717, 1.165) is 5.56 Å². The van der Waals surface area contributed by atoms with Crippen molar-refractivity contribution in [1.29, 1.82) is 0 Å². The number of hydrogen-bond acceptors (Lipinski definition) is 2. The summed E-state index contributed by atoms with van der Waals surface area (Å²) in [4.78, 5) is 10.6. The van der Waals surface area contributed by atoms with Crippen LogP contribution in [0.3, 0.4) is 0 Å². The molecule has 0 aliphatic heterocycles. The number of hydrogen-bond donors (Lipinski definition) is 1. The molecule has 6 heteroatoms. The Balaban J connectivity index is 2.32. The van der Waals surface area contributed by atoms with Gasteiger partial charge in [0.05, 0.1) is 0 Å². The maximum atomic E-state index is 12.4. The minimum absolute atomic E-state index is 0.0375. The fourth-order valence-electron chi connectivity index (χ4n) is 2.06. The number of carboxylic acids is 1. The molecular formula is C16H13F3O3. The molecule has 0 radical (unpaired) electrons. The molecule has 116 valence electrons. The van der Waals surface area contributed by atoms with Crippen LogP contribution in [0, 0.1) is 0 Å². The zero-order chi connectivity index (χ0) is 16.2. The molecule has 3 nitrogen and oxygen atoms in total. The summed E-state index contributed by atoms with van der Waals surface area (Å²) in [6.07, 6.45) is -4.49. The molecule has 2 aromatic carbocycles. The second kappa shape index (κ2) is 6.51. The van der Waals surface area contributed by atoms with Crippen LogP contribution in [-0.2, 0) is 11.2 Å². The van der Waals surface area contributed by atoms with Gasteiger partial charge in [0.25, 0.3) is 0 Å². The monoisotopic (exact) mass is 310 g/mol. The van der Waals surface area contributed by atoms with Gasteiger partial charge >= 0.3 is 12.3 Å². The zero-order valence-electron chi connectivity index (χ0n) is 11.4. The van der Waals surface area contributed by atoms with E-state index in [4.69, 9.17) is 5.11 Å². The van der Waals surface area contributed by atoms with Gasteiger partial charge in [-0.3, -0.25) is 4.79 Å². The highest BCUT2D eigenvalue weighted by atomic mass is 19.4. The van der Waals surface area contributed by atoms with E-state index in [1.807, 2.05) is 0 Å². The van der Waals surface area contributed by atoms with Crippen molar-refractivity contribution >= 4 is 5.97 Å². The number of para-hydroxylation sites is 1. The Labute approximate surface area is 125 Å². The largest absolute Gasteiger partial charge is 0.573 e. The Morgan fingerprint density at radius 1 is 1.09 bits per heavy atom. The quantitative estimate of drug-likeness (QED) is 0.897. The van der Waals surface area contributed by atoms with Crippen molar-refractivity contribution in [2.24, 2.45) is 0 Å². The third-order valence-electron chi connectivity index (χ3n) is 2.98. The Kier molecular flexibility index (Phi) is 4.70. The standard InChI is InChI=1S/C16H13F3O3/c17-16(18,19)22-14-7-2-1-6-13(14)12-5-3-4-11(10-12)8-9-15(20)21/h1-7,10H,8-9H2,(H,20,21). The maximum absolute atomic E-state index is 12.4. The number of halogens is 3. The van der Waals surface area contributed by atoms with Gasteiger partial charge < -0.3 is 9.84 Å². The molecule has 0 spiro atoms. The van der Waals surface area contributed by atoms with Crippen LogP contribution in [0.4, 0.5) is 13.2 Å². The second-order valence-corrected chi connectivity index (χ2v) is 4.64. The summed E-state index contributed by atoms with van der Waals surface area (Å²) in [5, 5.41) is 8.69. The number of aryl methyl sites for hydroxylation is 1. The van der Waals surface area contributed by atoms with Crippen LogP contribution in [-0.4, -0.2) is 17.4 Å². The maximum Gasteiger partial charge on any atom is 0.573 e.